The van der Waals surface area contributed by atoms with Gasteiger partial charge in [-0.3, -0.25) is 0 Å². The fourth-order valence-corrected chi connectivity index (χ4v) is 8.00. The van der Waals surface area contributed by atoms with Crippen LogP contribution in [0.2, 0.25) is 0 Å². The molecule has 0 saturated carbocycles. The van der Waals surface area contributed by atoms with Gasteiger partial charge in [0.2, 0.25) is 0 Å². The van der Waals surface area contributed by atoms with E-state index in [1.165, 1.54) is 21.9 Å². The zero-order valence-corrected chi connectivity index (χ0v) is 30.2. The highest BCUT2D eigenvalue weighted by Gasteiger charge is 2.20. The van der Waals surface area contributed by atoms with Gasteiger partial charge in [0.15, 0.2) is 17.5 Å². The molecule has 262 valence electrons. The number of nitrogens with zero attached hydrogens (tertiary/aromatic N) is 4. The molecule has 0 bridgehead atoms. The number of hydrogen-bond acceptors (Lipinski definition) is 4. The van der Waals surface area contributed by atoms with Crippen LogP contribution in [0.15, 0.2) is 199 Å². The molecular weight excluding hydrogens is 685 g/mol. The van der Waals surface area contributed by atoms with Crippen LogP contribution in [0.4, 0.5) is 0 Å². The van der Waals surface area contributed by atoms with Crippen molar-refractivity contribution < 1.29 is 4.42 Å². The zero-order valence-electron chi connectivity index (χ0n) is 30.2. The minimum Gasteiger partial charge on any atom is -0.456 e. The van der Waals surface area contributed by atoms with Crippen molar-refractivity contribution in [3.8, 4) is 62.1 Å². The van der Waals surface area contributed by atoms with Gasteiger partial charge in [-0.25, -0.2) is 15.0 Å². The fourth-order valence-electron chi connectivity index (χ4n) is 8.00. The summed E-state index contributed by atoms with van der Waals surface area (Å²) in [7, 11) is 0. The van der Waals surface area contributed by atoms with Crippen LogP contribution in [0, 0.1) is 0 Å². The molecule has 0 atom stereocenters. The number of benzene rings is 8. The molecule has 5 nitrogen and oxygen atoms in total. The average molecular weight is 717 g/mol. The second-order valence-corrected chi connectivity index (χ2v) is 14.0. The number of furan rings is 1. The zero-order chi connectivity index (χ0) is 37.0. The third-order valence-electron chi connectivity index (χ3n) is 10.6. The van der Waals surface area contributed by atoms with Gasteiger partial charge < -0.3 is 8.98 Å². The molecule has 0 saturated heterocycles. The Bertz CT molecular complexity index is 3170. The van der Waals surface area contributed by atoms with E-state index < -0.39 is 0 Å². The van der Waals surface area contributed by atoms with Crippen LogP contribution in [-0.4, -0.2) is 19.5 Å². The van der Waals surface area contributed by atoms with Crippen molar-refractivity contribution in [3.05, 3.63) is 194 Å². The maximum atomic E-state index is 6.61. The van der Waals surface area contributed by atoms with E-state index in [4.69, 9.17) is 19.4 Å². The highest BCUT2D eigenvalue weighted by Crippen LogP contribution is 2.43. The van der Waals surface area contributed by atoms with Gasteiger partial charge in [-0.2, -0.15) is 0 Å². The summed E-state index contributed by atoms with van der Waals surface area (Å²) in [6.07, 6.45) is 0. The van der Waals surface area contributed by atoms with Gasteiger partial charge in [0.1, 0.15) is 11.2 Å². The van der Waals surface area contributed by atoms with E-state index in [2.05, 4.69) is 126 Å². The summed E-state index contributed by atoms with van der Waals surface area (Å²) in [4.78, 5) is 15.1. The van der Waals surface area contributed by atoms with Crippen molar-refractivity contribution in [3.63, 3.8) is 0 Å². The molecule has 0 spiro atoms. The molecule has 0 N–H and O–H groups in total. The molecule has 0 aliphatic rings. The van der Waals surface area contributed by atoms with Crippen molar-refractivity contribution in [2.24, 2.45) is 0 Å². The van der Waals surface area contributed by atoms with Crippen LogP contribution in [0.1, 0.15) is 0 Å². The van der Waals surface area contributed by atoms with E-state index in [1.54, 1.807) is 0 Å². The normalized spacial score (nSPS) is 11.6. The van der Waals surface area contributed by atoms with E-state index in [-0.39, 0.29) is 0 Å². The lowest BCUT2D eigenvalue weighted by Gasteiger charge is -2.11. The third-order valence-corrected chi connectivity index (χ3v) is 10.6. The van der Waals surface area contributed by atoms with Crippen LogP contribution in [0.5, 0.6) is 0 Å². The lowest BCUT2D eigenvalue weighted by atomic mass is 9.95. The lowest BCUT2D eigenvalue weighted by molar-refractivity contribution is 0.669. The number of para-hydroxylation sites is 2. The molecule has 5 heteroatoms. The molecule has 11 aromatic rings. The molecule has 11 rings (SSSR count). The topological polar surface area (TPSA) is 56.7 Å². The first-order valence-electron chi connectivity index (χ1n) is 18.8. The van der Waals surface area contributed by atoms with Gasteiger partial charge in [0.05, 0.1) is 11.0 Å². The van der Waals surface area contributed by atoms with Gasteiger partial charge in [-0.05, 0) is 70.8 Å². The summed E-state index contributed by atoms with van der Waals surface area (Å²) in [5, 5.41) is 4.48. The maximum Gasteiger partial charge on any atom is 0.164 e. The van der Waals surface area contributed by atoms with Gasteiger partial charge >= 0.3 is 0 Å². The number of hydrogen-bond donors (Lipinski definition) is 0. The van der Waals surface area contributed by atoms with Gasteiger partial charge in [-0.1, -0.05) is 146 Å². The number of aromatic nitrogens is 4. The molecule has 0 radical (unpaired) electrons. The second-order valence-electron chi connectivity index (χ2n) is 14.0. The molecule has 0 unspecified atom stereocenters. The van der Waals surface area contributed by atoms with Gasteiger partial charge in [-0.15, -0.1) is 0 Å². The van der Waals surface area contributed by atoms with Gasteiger partial charge in [0.25, 0.3) is 0 Å². The summed E-state index contributed by atoms with van der Waals surface area (Å²) < 4.78 is 8.98. The molecule has 8 aromatic carbocycles. The molecule has 0 fully saturated rings. The van der Waals surface area contributed by atoms with Crippen molar-refractivity contribution in [1.29, 1.82) is 0 Å². The fraction of sp³-hybridized carbons (Fsp3) is 0. The maximum absolute atomic E-state index is 6.61. The van der Waals surface area contributed by atoms with Crippen LogP contribution in [0.25, 0.3) is 106 Å². The Morgan fingerprint density at radius 1 is 0.339 bits per heavy atom. The van der Waals surface area contributed by atoms with Crippen molar-refractivity contribution in [2.75, 3.05) is 0 Å². The molecule has 0 amide bonds. The lowest BCUT2D eigenvalue weighted by Crippen LogP contribution is -2.00. The first-order chi connectivity index (χ1) is 27.7. The van der Waals surface area contributed by atoms with Crippen molar-refractivity contribution in [1.82, 2.24) is 19.5 Å². The molecular formula is C51H32N4O. The van der Waals surface area contributed by atoms with Gasteiger partial charge in [0, 0.05) is 43.9 Å². The molecule has 3 heterocycles. The van der Waals surface area contributed by atoms with Crippen LogP contribution < -0.4 is 0 Å². The van der Waals surface area contributed by atoms with Crippen LogP contribution >= 0.6 is 0 Å². The van der Waals surface area contributed by atoms with E-state index in [0.717, 1.165) is 66.5 Å². The Morgan fingerprint density at radius 3 is 1.59 bits per heavy atom. The van der Waals surface area contributed by atoms with Crippen LogP contribution in [-0.2, 0) is 0 Å². The minimum absolute atomic E-state index is 0.580. The summed E-state index contributed by atoms with van der Waals surface area (Å²) in [6.45, 7) is 0. The van der Waals surface area contributed by atoms with Crippen LogP contribution in [0.3, 0.4) is 0 Å². The quantitative estimate of drug-likeness (QED) is 0.172. The summed E-state index contributed by atoms with van der Waals surface area (Å²) in [5.41, 5.74) is 12.2. The molecule has 0 aliphatic heterocycles. The first kappa shape index (κ1) is 31.9. The predicted octanol–water partition coefficient (Wildman–Crippen LogP) is 13.2. The van der Waals surface area contributed by atoms with E-state index >= 15 is 0 Å². The minimum atomic E-state index is 0.580. The Labute approximate surface area is 322 Å². The van der Waals surface area contributed by atoms with Crippen molar-refractivity contribution >= 4 is 43.7 Å². The first-order valence-corrected chi connectivity index (χ1v) is 18.8. The Morgan fingerprint density at radius 2 is 0.911 bits per heavy atom. The highest BCUT2D eigenvalue weighted by atomic mass is 16.3. The largest absolute Gasteiger partial charge is 0.456 e. The Hall–Kier alpha value is -7.63. The number of rotatable bonds is 6. The van der Waals surface area contributed by atoms with Crippen molar-refractivity contribution in [2.45, 2.75) is 0 Å². The smallest absolute Gasteiger partial charge is 0.164 e. The summed E-state index contributed by atoms with van der Waals surface area (Å²) >= 11 is 0. The summed E-state index contributed by atoms with van der Waals surface area (Å²) in [5.74, 6) is 1.81. The van der Waals surface area contributed by atoms with E-state index in [1.807, 2.05) is 72.8 Å². The standard InChI is InChI=1S/C51H32N4O/c1-5-15-33(16-6-1)36-25-27-40-43-29-37(26-28-44(43)55(45(40)31-36)39-21-11-4-12-22-39)42-30-38(32-47-48(42)41-23-13-14-24-46(41)56-47)51-53-49(34-17-7-2-8-18-34)52-50(54-51)35-19-9-3-10-20-35/h1-32H. The van der Waals surface area contributed by atoms with E-state index in [0.29, 0.717) is 17.5 Å². The summed E-state index contributed by atoms with van der Waals surface area (Å²) in [6, 6.07) is 67.5. The van der Waals surface area contributed by atoms with E-state index in [9.17, 15) is 0 Å². The SMILES string of the molecule is c1ccc(-c2ccc3c4cc(-c5cc(-c6nc(-c7ccccc7)nc(-c7ccccc7)n6)cc6oc7ccccc7c56)ccc4n(-c4ccccc4)c3c2)cc1. The monoisotopic (exact) mass is 716 g/mol. The Balaban J connectivity index is 1.17. The third kappa shape index (κ3) is 5.37. The second kappa shape index (κ2) is 13.0. The highest BCUT2D eigenvalue weighted by molar-refractivity contribution is 6.16. The number of fused-ring (bicyclic) bond motifs is 6. The Kier molecular flexibility index (Phi) is 7.42. The molecule has 56 heavy (non-hydrogen) atoms. The predicted molar refractivity (Wildman–Crippen MR) is 229 cm³/mol. The molecule has 0 aliphatic carbocycles. The molecule has 3 aromatic heterocycles. The average Bonchev–Trinajstić information content (AvgIpc) is 3.82.